The van der Waals surface area contributed by atoms with Crippen LogP contribution in [-0.4, -0.2) is 59.7 Å². The van der Waals surface area contributed by atoms with Gasteiger partial charge >= 0.3 is 0 Å². The quantitative estimate of drug-likeness (QED) is 0.619. The molecule has 0 aliphatic carbocycles. The predicted molar refractivity (Wildman–Crippen MR) is 106 cm³/mol. The van der Waals surface area contributed by atoms with E-state index in [0.29, 0.717) is 43.9 Å². The van der Waals surface area contributed by atoms with Crippen molar-refractivity contribution in [1.82, 2.24) is 20.0 Å². The molecule has 3 heterocycles. The van der Waals surface area contributed by atoms with Gasteiger partial charge in [0.2, 0.25) is 11.8 Å². The zero-order valence-corrected chi connectivity index (χ0v) is 17.5. The third-order valence-corrected chi connectivity index (χ3v) is 5.26. The van der Waals surface area contributed by atoms with Crippen LogP contribution in [0.1, 0.15) is 26.8 Å². The van der Waals surface area contributed by atoms with Crippen LogP contribution >= 0.6 is 11.3 Å². The SMILES string of the molecule is COCc1nc(OC)c2c(C)c(C(=O)N(C)CC(=O)Nc3cc(C)on3)sc2n1. The molecule has 154 valence electrons. The van der Waals surface area contributed by atoms with Crippen molar-refractivity contribution in [3.05, 3.63) is 28.1 Å². The maximum Gasteiger partial charge on any atom is 0.264 e. The number of likely N-dealkylation sites (N-methyl/N-ethyl adjacent to an activating group) is 1. The second-order valence-corrected chi connectivity index (χ2v) is 7.35. The molecule has 0 aliphatic heterocycles. The number of carbonyl (C=O) groups excluding carboxylic acids is 2. The van der Waals surface area contributed by atoms with Crippen LogP contribution in [0.4, 0.5) is 5.82 Å². The summed E-state index contributed by atoms with van der Waals surface area (Å²) >= 11 is 1.23. The summed E-state index contributed by atoms with van der Waals surface area (Å²) in [7, 11) is 4.62. The number of nitrogens with zero attached hydrogens (tertiary/aromatic N) is 4. The van der Waals surface area contributed by atoms with Crippen molar-refractivity contribution in [1.29, 1.82) is 0 Å². The van der Waals surface area contributed by atoms with Crippen molar-refractivity contribution in [2.75, 3.05) is 33.1 Å². The van der Waals surface area contributed by atoms with Crippen molar-refractivity contribution < 1.29 is 23.6 Å². The molecule has 29 heavy (non-hydrogen) atoms. The molecule has 0 radical (unpaired) electrons. The Balaban J connectivity index is 1.82. The molecule has 10 nitrogen and oxygen atoms in total. The standard InChI is InChI=1S/C18H21N5O5S/c1-9-6-11(22-28-9)19-13(24)7-23(3)18(25)15-10(2)14-16(27-5)20-12(8-26-4)21-17(14)29-15/h6H,7-8H2,1-5H3,(H,19,22,24). The fourth-order valence-corrected chi connectivity index (χ4v) is 3.94. The summed E-state index contributed by atoms with van der Waals surface area (Å²) in [5.41, 5.74) is 0.704. The molecule has 2 amide bonds. The molecular weight excluding hydrogens is 398 g/mol. The van der Waals surface area contributed by atoms with E-state index in [4.69, 9.17) is 14.0 Å². The van der Waals surface area contributed by atoms with Crippen LogP contribution in [-0.2, 0) is 16.1 Å². The third kappa shape index (κ3) is 4.35. The van der Waals surface area contributed by atoms with Crippen LogP contribution in [0, 0.1) is 13.8 Å². The van der Waals surface area contributed by atoms with Crippen LogP contribution in [0.15, 0.2) is 10.6 Å². The topological polar surface area (TPSA) is 120 Å². The molecule has 3 aromatic rings. The van der Waals surface area contributed by atoms with E-state index >= 15 is 0 Å². The summed E-state index contributed by atoms with van der Waals surface area (Å²) < 4.78 is 15.4. The molecule has 0 saturated carbocycles. The van der Waals surface area contributed by atoms with Gasteiger partial charge in [-0.1, -0.05) is 5.16 Å². The van der Waals surface area contributed by atoms with Crippen molar-refractivity contribution >= 4 is 39.2 Å². The highest BCUT2D eigenvalue weighted by Crippen LogP contribution is 2.35. The number of carbonyl (C=O) groups is 2. The number of ether oxygens (including phenoxy) is 2. The molecule has 3 aromatic heterocycles. The number of hydrogen-bond donors (Lipinski definition) is 1. The molecule has 0 spiro atoms. The second-order valence-electron chi connectivity index (χ2n) is 6.35. The van der Waals surface area contributed by atoms with Gasteiger partial charge in [0.15, 0.2) is 11.6 Å². The summed E-state index contributed by atoms with van der Waals surface area (Å²) in [6.45, 7) is 3.61. The smallest absolute Gasteiger partial charge is 0.264 e. The van der Waals surface area contributed by atoms with Crippen molar-refractivity contribution in [3.63, 3.8) is 0 Å². The Hall–Kier alpha value is -3.05. The number of anilines is 1. The van der Waals surface area contributed by atoms with Crippen molar-refractivity contribution in [2.45, 2.75) is 20.5 Å². The lowest BCUT2D eigenvalue weighted by Crippen LogP contribution is -2.34. The second kappa shape index (κ2) is 8.53. The van der Waals surface area contributed by atoms with Crippen LogP contribution in [0.3, 0.4) is 0 Å². The summed E-state index contributed by atoms with van der Waals surface area (Å²) in [5, 5.41) is 6.97. The molecule has 11 heteroatoms. The molecule has 0 atom stereocenters. The van der Waals surface area contributed by atoms with Gasteiger partial charge in [-0.2, -0.15) is 4.98 Å². The summed E-state index contributed by atoms with van der Waals surface area (Å²) in [6, 6.07) is 1.60. The fraction of sp³-hybridized carbons (Fsp3) is 0.389. The van der Waals surface area contributed by atoms with E-state index in [1.807, 2.05) is 0 Å². The van der Waals surface area contributed by atoms with Gasteiger partial charge in [-0.25, -0.2) is 4.98 Å². The predicted octanol–water partition coefficient (Wildman–Crippen LogP) is 2.16. The van der Waals surface area contributed by atoms with Gasteiger partial charge in [-0.3, -0.25) is 9.59 Å². The molecule has 0 saturated heterocycles. The normalized spacial score (nSPS) is 10.9. The Morgan fingerprint density at radius 2 is 2.03 bits per heavy atom. The largest absolute Gasteiger partial charge is 0.480 e. The van der Waals surface area contributed by atoms with Gasteiger partial charge in [0, 0.05) is 20.2 Å². The molecule has 0 unspecified atom stereocenters. The van der Waals surface area contributed by atoms with Crippen molar-refractivity contribution in [3.8, 4) is 5.88 Å². The van der Waals surface area contributed by atoms with E-state index < -0.39 is 0 Å². The highest BCUT2D eigenvalue weighted by molar-refractivity contribution is 7.20. The third-order valence-electron chi connectivity index (χ3n) is 4.09. The van der Waals surface area contributed by atoms with Crippen LogP contribution in [0.5, 0.6) is 5.88 Å². The number of hydrogen-bond acceptors (Lipinski definition) is 9. The maximum atomic E-state index is 12.9. The number of amides is 2. The number of nitrogens with one attached hydrogen (secondary N) is 1. The van der Waals surface area contributed by atoms with Gasteiger partial charge in [-0.15, -0.1) is 11.3 Å². The fourth-order valence-electron chi connectivity index (χ4n) is 2.76. The van der Waals surface area contributed by atoms with Crippen molar-refractivity contribution in [2.24, 2.45) is 0 Å². The monoisotopic (exact) mass is 419 g/mol. The minimum atomic E-state index is -0.382. The highest BCUT2D eigenvalue weighted by atomic mass is 32.1. The molecular formula is C18H21N5O5S. The van der Waals surface area contributed by atoms with Gasteiger partial charge in [0.1, 0.15) is 17.2 Å². The minimum absolute atomic E-state index is 0.143. The Labute approximate surface area is 170 Å². The molecule has 3 rings (SSSR count). The van der Waals surface area contributed by atoms with Crippen LogP contribution in [0.25, 0.3) is 10.2 Å². The van der Waals surface area contributed by atoms with Gasteiger partial charge < -0.3 is 24.2 Å². The Bertz CT molecular complexity index is 1060. The summed E-state index contributed by atoms with van der Waals surface area (Å²) in [4.78, 5) is 36.3. The lowest BCUT2D eigenvalue weighted by Gasteiger charge is -2.15. The Kier molecular flexibility index (Phi) is 6.09. The zero-order chi connectivity index (χ0) is 21.1. The minimum Gasteiger partial charge on any atom is -0.480 e. The average molecular weight is 419 g/mol. The Morgan fingerprint density at radius 3 is 2.66 bits per heavy atom. The van der Waals surface area contributed by atoms with Crippen LogP contribution < -0.4 is 10.1 Å². The zero-order valence-electron chi connectivity index (χ0n) is 16.7. The van der Waals surface area contributed by atoms with E-state index in [0.717, 1.165) is 0 Å². The number of fused-ring (bicyclic) bond motifs is 1. The maximum absolute atomic E-state index is 12.9. The van der Waals surface area contributed by atoms with E-state index in [2.05, 4.69) is 20.4 Å². The number of methoxy groups -OCH3 is 2. The lowest BCUT2D eigenvalue weighted by atomic mass is 10.2. The molecule has 0 bridgehead atoms. The van der Waals surface area contributed by atoms with Gasteiger partial charge in [0.25, 0.3) is 5.91 Å². The van der Waals surface area contributed by atoms with Crippen LogP contribution in [0.2, 0.25) is 0 Å². The number of aryl methyl sites for hydroxylation is 2. The number of rotatable bonds is 7. The van der Waals surface area contributed by atoms with Gasteiger partial charge in [0.05, 0.1) is 23.9 Å². The first kappa shape index (κ1) is 20.7. The molecule has 0 aromatic carbocycles. The highest BCUT2D eigenvalue weighted by Gasteiger charge is 2.24. The number of thiophene rings is 1. The Morgan fingerprint density at radius 1 is 1.28 bits per heavy atom. The van der Waals surface area contributed by atoms with E-state index in [9.17, 15) is 9.59 Å². The first-order valence-corrected chi connectivity index (χ1v) is 9.47. The lowest BCUT2D eigenvalue weighted by molar-refractivity contribution is -0.116. The number of aromatic nitrogens is 3. The van der Waals surface area contributed by atoms with E-state index in [-0.39, 0.29) is 25.0 Å². The van der Waals surface area contributed by atoms with Gasteiger partial charge in [-0.05, 0) is 19.4 Å². The van der Waals surface area contributed by atoms with E-state index in [1.54, 1.807) is 34.1 Å². The summed E-state index contributed by atoms with van der Waals surface area (Å²) in [6.07, 6.45) is 0. The molecule has 1 N–H and O–H groups in total. The van der Waals surface area contributed by atoms with E-state index in [1.165, 1.54) is 23.3 Å². The molecule has 0 aliphatic rings. The first-order valence-electron chi connectivity index (χ1n) is 8.65. The average Bonchev–Trinajstić information content (AvgIpc) is 3.23. The first-order chi connectivity index (χ1) is 13.8. The summed E-state index contributed by atoms with van der Waals surface area (Å²) in [5.74, 6) is 1.05. The molecule has 0 fully saturated rings.